The highest BCUT2D eigenvalue weighted by atomic mass is 31.1. The maximum absolute atomic E-state index is 4.97. The minimum absolute atomic E-state index is 0.401. The van der Waals surface area contributed by atoms with Crippen molar-refractivity contribution in [3.05, 3.63) is 29.8 Å². The monoisotopic (exact) mass is 387 g/mol. The van der Waals surface area contributed by atoms with Crippen molar-refractivity contribution in [2.45, 2.75) is 122 Å². The van der Waals surface area contributed by atoms with Gasteiger partial charge in [0.1, 0.15) is 0 Å². The van der Waals surface area contributed by atoms with Crippen LogP contribution in [0.2, 0.25) is 0 Å². The van der Waals surface area contributed by atoms with Gasteiger partial charge in [-0.25, -0.2) is 0 Å². The largest absolute Gasteiger partial charge is 0.260 e. The average Bonchev–Trinajstić information content (AvgIpc) is 2.73. The van der Waals surface area contributed by atoms with E-state index < -0.39 is 0 Å². The molecule has 0 unspecified atom stereocenters. The Balaban J connectivity index is 2.14. The first-order chi connectivity index (χ1) is 13.2. The summed E-state index contributed by atoms with van der Waals surface area (Å²) in [5, 5.41) is 1.37. The highest BCUT2D eigenvalue weighted by molar-refractivity contribution is 7.36. The lowest BCUT2D eigenvalue weighted by Crippen LogP contribution is -2.27. The molecule has 0 atom stereocenters. The summed E-state index contributed by atoms with van der Waals surface area (Å²) in [6.07, 6.45) is 18.8. The Morgan fingerprint density at radius 3 is 1.81 bits per heavy atom. The van der Waals surface area contributed by atoms with Gasteiger partial charge < -0.3 is 0 Å². The quantitative estimate of drug-likeness (QED) is 0.318. The number of nitrogens with zero attached hydrogens (tertiary/aromatic N) is 1. The van der Waals surface area contributed by atoms with Gasteiger partial charge in [0, 0.05) is 13.7 Å². The Kier molecular flexibility index (Phi) is 10.6. The van der Waals surface area contributed by atoms with E-state index in [1.165, 1.54) is 104 Å². The zero-order valence-electron chi connectivity index (χ0n) is 18.2. The zero-order valence-corrected chi connectivity index (χ0v) is 19.1. The molecule has 152 valence electrons. The predicted octanol–water partition coefficient (Wildman–Crippen LogP) is 8.58. The van der Waals surface area contributed by atoms with Crippen LogP contribution in [0.4, 0.5) is 0 Å². The minimum atomic E-state index is 0.401. The standard InChI is InChI=1S/C25H42NP/c1-4-7-19-25(20-8-5-2,21-9-6-3)22-15-17-24(18-16-22)27-26-23-13-11-10-12-14-23/h15-18,23H,4-14,19-21H2,1-3H3. The summed E-state index contributed by atoms with van der Waals surface area (Å²) in [5.74, 6) is 0. The van der Waals surface area contributed by atoms with Crippen LogP contribution in [0.3, 0.4) is 0 Å². The highest BCUT2D eigenvalue weighted by Gasteiger charge is 2.30. The van der Waals surface area contributed by atoms with Crippen molar-refractivity contribution in [3.8, 4) is 0 Å². The molecule has 0 N–H and O–H groups in total. The first-order valence-corrected chi connectivity index (χ1v) is 12.6. The molecule has 0 aliphatic heterocycles. The van der Waals surface area contributed by atoms with Crippen LogP contribution < -0.4 is 5.30 Å². The molecule has 0 amide bonds. The lowest BCUT2D eigenvalue weighted by molar-refractivity contribution is 0.309. The van der Waals surface area contributed by atoms with Crippen molar-refractivity contribution in [1.82, 2.24) is 0 Å². The van der Waals surface area contributed by atoms with E-state index in [1.807, 2.05) is 0 Å². The molecule has 0 radical (unpaired) electrons. The number of hydrogen-bond acceptors (Lipinski definition) is 1. The minimum Gasteiger partial charge on any atom is -0.260 e. The van der Waals surface area contributed by atoms with Gasteiger partial charge in [-0.1, -0.05) is 90.7 Å². The summed E-state index contributed by atoms with van der Waals surface area (Å²) in [5.41, 5.74) is 1.99. The molecule has 2 heteroatoms. The van der Waals surface area contributed by atoms with Gasteiger partial charge in [0.15, 0.2) is 0 Å². The van der Waals surface area contributed by atoms with E-state index >= 15 is 0 Å². The molecule has 0 heterocycles. The normalized spacial score (nSPS) is 16.3. The molecule has 2 rings (SSSR count). The van der Waals surface area contributed by atoms with Crippen LogP contribution in [0, 0.1) is 0 Å². The summed E-state index contributed by atoms with van der Waals surface area (Å²) in [6, 6.07) is 10.2. The third-order valence-corrected chi connectivity index (χ3v) is 7.39. The smallest absolute Gasteiger partial charge is 0.0547 e. The number of benzene rings is 1. The van der Waals surface area contributed by atoms with Crippen molar-refractivity contribution in [2.75, 3.05) is 0 Å². The molecule has 0 aromatic heterocycles. The summed E-state index contributed by atoms with van der Waals surface area (Å²) >= 11 is 0. The molecule has 0 bridgehead atoms. The maximum atomic E-state index is 4.97. The van der Waals surface area contributed by atoms with E-state index in [0.717, 1.165) is 0 Å². The first kappa shape index (κ1) is 22.6. The van der Waals surface area contributed by atoms with Gasteiger partial charge in [-0.15, -0.1) is 0 Å². The third-order valence-electron chi connectivity index (χ3n) is 6.42. The molecule has 1 aliphatic carbocycles. The molecule has 1 aromatic rings. The van der Waals surface area contributed by atoms with E-state index in [2.05, 4.69) is 45.0 Å². The molecular formula is C25H42NP. The molecule has 27 heavy (non-hydrogen) atoms. The lowest BCUT2D eigenvalue weighted by atomic mass is 9.69. The molecule has 0 saturated heterocycles. The third kappa shape index (κ3) is 7.34. The summed E-state index contributed by atoms with van der Waals surface area (Å²) in [6.45, 7) is 7.00. The topological polar surface area (TPSA) is 12.4 Å². The van der Waals surface area contributed by atoms with E-state index in [4.69, 9.17) is 4.74 Å². The van der Waals surface area contributed by atoms with Crippen molar-refractivity contribution in [2.24, 2.45) is 4.74 Å². The molecule has 1 saturated carbocycles. The van der Waals surface area contributed by atoms with Gasteiger partial charge in [0.25, 0.3) is 0 Å². The molecule has 1 aliphatic rings. The molecule has 1 nitrogen and oxygen atoms in total. The Labute approximate surface area is 170 Å². The van der Waals surface area contributed by atoms with Crippen molar-refractivity contribution >= 4 is 13.7 Å². The molecular weight excluding hydrogens is 345 g/mol. The van der Waals surface area contributed by atoms with Crippen molar-refractivity contribution in [3.63, 3.8) is 0 Å². The van der Waals surface area contributed by atoms with Gasteiger partial charge >= 0.3 is 0 Å². The Bertz CT molecular complexity index is 506. The highest BCUT2D eigenvalue weighted by Crippen LogP contribution is 2.40. The van der Waals surface area contributed by atoms with E-state index in [-0.39, 0.29) is 0 Å². The fraction of sp³-hybridized carbons (Fsp3) is 0.760. The zero-order chi connectivity index (χ0) is 19.4. The first-order valence-electron chi connectivity index (χ1n) is 11.8. The van der Waals surface area contributed by atoms with Gasteiger partial charge in [-0.2, -0.15) is 0 Å². The molecule has 1 aromatic carbocycles. The molecule has 0 spiro atoms. The van der Waals surface area contributed by atoms with Crippen LogP contribution >= 0.6 is 8.37 Å². The van der Waals surface area contributed by atoms with Crippen LogP contribution in [0.15, 0.2) is 29.0 Å². The van der Waals surface area contributed by atoms with Crippen molar-refractivity contribution in [1.29, 1.82) is 0 Å². The second kappa shape index (κ2) is 12.7. The second-order valence-corrected chi connectivity index (χ2v) is 9.59. The summed E-state index contributed by atoms with van der Waals surface area (Å²) in [4.78, 5) is 0. The van der Waals surface area contributed by atoms with Gasteiger partial charge in [0.2, 0.25) is 0 Å². The number of unbranched alkanes of at least 4 members (excludes halogenated alkanes) is 3. The maximum Gasteiger partial charge on any atom is 0.0547 e. The number of rotatable bonds is 12. The lowest BCUT2D eigenvalue weighted by Gasteiger charge is -2.35. The summed E-state index contributed by atoms with van der Waals surface area (Å²) < 4.78 is 4.97. The fourth-order valence-electron chi connectivity index (χ4n) is 4.58. The molecule has 1 fully saturated rings. The SMILES string of the molecule is CCCCC(CCCC)(CCCC)c1ccc(P=NC2CCCCC2)cc1. The second-order valence-electron chi connectivity index (χ2n) is 8.65. The van der Waals surface area contributed by atoms with Gasteiger partial charge in [-0.3, -0.25) is 4.74 Å². The van der Waals surface area contributed by atoms with Crippen LogP contribution in [0.25, 0.3) is 0 Å². The van der Waals surface area contributed by atoms with Crippen LogP contribution in [0.5, 0.6) is 0 Å². The summed E-state index contributed by atoms with van der Waals surface area (Å²) in [7, 11) is 1.18. The van der Waals surface area contributed by atoms with E-state index in [0.29, 0.717) is 11.5 Å². The Hall–Kier alpha value is -0.680. The van der Waals surface area contributed by atoms with Crippen LogP contribution in [-0.2, 0) is 5.41 Å². The predicted molar refractivity (Wildman–Crippen MR) is 123 cm³/mol. The van der Waals surface area contributed by atoms with Gasteiger partial charge in [-0.05, 0) is 55.2 Å². The Morgan fingerprint density at radius 1 is 0.815 bits per heavy atom. The fourth-order valence-corrected chi connectivity index (χ4v) is 5.39. The van der Waals surface area contributed by atoms with Gasteiger partial charge in [0.05, 0.1) is 6.04 Å². The number of hydrogen-bond donors (Lipinski definition) is 0. The van der Waals surface area contributed by atoms with Crippen molar-refractivity contribution < 1.29 is 0 Å². The van der Waals surface area contributed by atoms with E-state index in [9.17, 15) is 0 Å². The average molecular weight is 388 g/mol. The Morgan fingerprint density at radius 2 is 1.33 bits per heavy atom. The van der Waals surface area contributed by atoms with Crippen LogP contribution in [-0.4, -0.2) is 6.04 Å². The van der Waals surface area contributed by atoms with Crippen LogP contribution in [0.1, 0.15) is 116 Å². The van der Waals surface area contributed by atoms with E-state index in [1.54, 1.807) is 5.56 Å².